The number of nitrogens with one attached hydrogen (secondary N) is 2. The number of hydrogen-bond acceptors (Lipinski definition) is 3. The molecule has 2 unspecified atom stereocenters. The third kappa shape index (κ3) is 2.77. The van der Waals surface area contributed by atoms with Crippen molar-refractivity contribution in [3.63, 3.8) is 0 Å². The fourth-order valence-electron chi connectivity index (χ4n) is 1.98. The van der Waals surface area contributed by atoms with Gasteiger partial charge >= 0.3 is 0 Å². The standard InChI is InChI=1S/C13H19N3O/c1-8-3-4-11(12(5-8)16-14)13(17)15-7-10-6-9(10)2/h3-5,9-10,16H,6-7,14H2,1-2H3,(H,15,17). The number of aryl methyl sites for hydroxylation is 1. The van der Waals surface area contributed by atoms with Gasteiger partial charge in [0.2, 0.25) is 0 Å². The van der Waals surface area contributed by atoms with Crippen LogP contribution in [-0.2, 0) is 0 Å². The summed E-state index contributed by atoms with van der Waals surface area (Å²) in [6.07, 6.45) is 1.22. The van der Waals surface area contributed by atoms with Crippen molar-refractivity contribution in [3.05, 3.63) is 29.3 Å². The Morgan fingerprint density at radius 1 is 1.53 bits per heavy atom. The number of rotatable bonds is 4. The van der Waals surface area contributed by atoms with Crippen molar-refractivity contribution in [2.45, 2.75) is 20.3 Å². The lowest BCUT2D eigenvalue weighted by atomic mass is 10.1. The Balaban J connectivity index is 2.02. The molecule has 0 radical (unpaired) electrons. The van der Waals surface area contributed by atoms with E-state index in [1.807, 2.05) is 19.1 Å². The Kier molecular flexibility index (Phi) is 3.33. The van der Waals surface area contributed by atoms with Gasteiger partial charge in [-0.05, 0) is 42.9 Å². The monoisotopic (exact) mass is 233 g/mol. The van der Waals surface area contributed by atoms with E-state index >= 15 is 0 Å². The van der Waals surface area contributed by atoms with Crippen molar-refractivity contribution in [2.24, 2.45) is 17.7 Å². The predicted molar refractivity (Wildman–Crippen MR) is 68.6 cm³/mol. The largest absolute Gasteiger partial charge is 0.352 e. The zero-order valence-corrected chi connectivity index (χ0v) is 10.3. The maximum absolute atomic E-state index is 12.0. The molecule has 1 fully saturated rings. The van der Waals surface area contributed by atoms with E-state index in [0.717, 1.165) is 18.0 Å². The van der Waals surface area contributed by atoms with Crippen LogP contribution in [0.15, 0.2) is 18.2 Å². The first-order valence-electron chi connectivity index (χ1n) is 5.97. The molecule has 1 amide bonds. The lowest BCUT2D eigenvalue weighted by molar-refractivity contribution is 0.0952. The normalized spacial score (nSPS) is 22.1. The summed E-state index contributed by atoms with van der Waals surface area (Å²) in [7, 11) is 0. The van der Waals surface area contributed by atoms with Crippen molar-refractivity contribution in [3.8, 4) is 0 Å². The van der Waals surface area contributed by atoms with Crippen LogP contribution in [-0.4, -0.2) is 12.5 Å². The average Bonchev–Trinajstić information content (AvgIpc) is 3.02. The molecule has 92 valence electrons. The number of nitrogens with two attached hydrogens (primary N) is 1. The van der Waals surface area contributed by atoms with E-state index in [9.17, 15) is 4.79 Å². The minimum atomic E-state index is -0.0583. The van der Waals surface area contributed by atoms with E-state index < -0.39 is 0 Å². The topological polar surface area (TPSA) is 67.2 Å². The van der Waals surface area contributed by atoms with E-state index in [4.69, 9.17) is 5.84 Å². The number of anilines is 1. The molecule has 0 heterocycles. The second-order valence-electron chi connectivity index (χ2n) is 4.88. The summed E-state index contributed by atoms with van der Waals surface area (Å²) < 4.78 is 0. The van der Waals surface area contributed by atoms with Gasteiger partial charge in [0.15, 0.2) is 0 Å². The van der Waals surface area contributed by atoms with E-state index in [2.05, 4.69) is 17.7 Å². The van der Waals surface area contributed by atoms with Gasteiger partial charge in [-0.1, -0.05) is 13.0 Å². The second kappa shape index (κ2) is 4.75. The minimum absolute atomic E-state index is 0.0583. The molecule has 1 saturated carbocycles. The molecular formula is C13H19N3O. The zero-order valence-electron chi connectivity index (χ0n) is 10.3. The van der Waals surface area contributed by atoms with E-state index in [1.54, 1.807) is 6.07 Å². The zero-order chi connectivity index (χ0) is 12.4. The van der Waals surface area contributed by atoms with E-state index in [0.29, 0.717) is 17.2 Å². The molecule has 4 N–H and O–H groups in total. The SMILES string of the molecule is Cc1ccc(C(=O)NCC2CC2C)c(NN)c1. The molecule has 2 rings (SSSR count). The lowest BCUT2D eigenvalue weighted by Crippen LogP contribution is -2.27. The Morgan fingerprint density at radius 3 is 2.82 bits per heavy atom. The molecule has 0 bridgehead atoms. The smallest absolute Gasteiger partial charge is 0.253 e. The molecule has 2 atom stereocenters. The highest BCUT2D eigenvalue weighted by Gasteiger charge is 2.32. The van der Waals surface area contributed by atoms with Gasteiger partial charge in [-0.3, -0.25) is 10.6 Å². The Labute approximate surface area is 102 Å². The number of benzene rings is 1. The Hall–Kier alpha value is -1.55. The van der Waals surface area contributed by atoms with Gasteiger partial charge in [-0.2, -0.15) is 0 Å². The second-order valence-corrected chi connectivity index (χ2v) is 4.88. The van der Waals surface area contributed by atoms with Crippen molar-refractivity contribution < 1.29 is 4.79 Å². The minimum Gasteiger partial charge on any atom is -0.352 e. The van der Waals surface area contributed by atoms with Crippen LogP contribution in [0.3, 0.4) is 0 Å². The fraction of sp³-hybridized carbons (Fsp3) is 0.462. The molecular weight excluding hydrogens is 214 g/mol. The van der Waals surface area contributed by atoms with Crippen LogP contribution in [0.1, 0.15) is 29.3 Å². The number of carbonyl (C=O) groups excluding carboxylic acids is 1. The maximum atomic E-state index is 12.0. The van der Waals surface area contributed by atoms with Crippen molar-refractivity contribution >= 4 is 11.6 Å². The quantitative estimate of drug-likeness (QED) is 0.547. The summed E-state index contributed by atoms with van der Waals surface area (Å²) in [5.74, 6) is 6.76. The van der Waals surface area contributed by atoms with Gasteiger partial charge in [0, 0.05) is 6.54 Å². The Morgan fingerprint density at radius 2 is 2.24 bits per heavy atom. The molecule has 0 saturated heterocycles. The first-order valence-corrected chi connectivity index (χ1v) is 5.97. The third-order valence-electron chi connectivity index (χ3n) is 3.38. The molecule has 0 aromatic heterocycles. The molecule has 1 aliphatic carbocycles. The van der Waals surface area contributed by atoms with Crippen LogP contribution in [0.25, 0.3) is 0 Å². The third-order valence-corrected chi connectivity index (χ3v) is 3.38. The first-order chi connectivity index (χ1) is 8.11. The molecule has 1 aromatic carbocycles. The summed E-state index contributed by atoms with van der Waals surface area (Å²) in [4.78, 5) is 12.0. The maximum Gasteiger partial charge on any atom is 0.253 e. The molecule has 0 spiro atoms. The highest BCUT2D eigenvalue weighted by Crippen LogP contribution is 2.36. The number of amides is 1. The van der Waals surface area contributed by atoms with Gasteiger partial charge in [-0.25, -0.2) is 0 Å². The molecule has 4 heteroatoms. The molecule has 4 nitrogen and oxygen atoms in total. The van der Waals surface area contributed by atoms with E-state index in [1.165, 1.54) is 6.42 Å². The number of carbonyl (C=O) groups is 1. The van der Waals surface area contributed by atoms with Crippen molar-refractivity contribution in [2.75, 3.05) is 12.0 Å². The van der Waals surface area contributed by atoms with Crippen LogP contribution < -0.4 is 16.6 Å². The number of nitrogen functional groups attached to an aromatic ring is 1. The van der Waals surface area contributed by atoms with Crippen LogP contribution in [0.4, 0.5) is 5.69 Å². The van der Waals surface area contributed by atoms with Crippen LogP contribution in [0.5, 0.6) is 0 Å². The predicted octanol–water partition coefficient (Wildman–Crippen LogP) is 1.67. The van der Waals surface area contributed by atoms with E-state index in [-0.39, 0.29) is 5.91 Å². The molecule has 0 aliphatic heterocycles. The van der Waals surface area contributed by atoms with Crippen LogP contribution in [0.2, 0.25) is 0 Å². The summed E-state index contributed by atoms with van der Waals surface area (Å²) in [6.45, 7) is 4.93. The van der Waals surface area contributed by atoms with Gasteiger partial charge < -0.3 is 10.7 Å². The highest BCUT2D eigenvalue weighted by atomic mass is 16.1. The first kappa shape index (κ1) is 11.9. The number of hydrazine groups is 1. The van der Waals surface area contributed by atoms with Gasteiger partial charge in [0.1, 0.15) is 0 Å². The molecule has 1 aliphatic rings. The Bertz CT molecular complexity index is 431. The average molecular weight is 233 g/mol. The summed E-state index contributed by atoms with van der Waals surface area (Å²) in [5.41, 5.74) is 4.92. The summed E-state index contributed by atoms with van der Waals surface area (Å²) in [6, 6.07) is 5.58. The highest BCUT2D eigenvalue weighted by molar-refractivity contribution is 5.99. The van der Waals surface area contributed by atoms with Crippen molar-refractivity contribution in [1.29, 1.82) is 0 Å². The summed E-state index contributed by atoms with van der Waals surface area (Å²) >= 11 is 0. The van der Waals surface area contributed by atoms with Crippen LogP contribution in [0, 0.1) is 18.8 Å². The lowest BCUT2D eigenvalue weighted by Gasteiger charge is -2.10. The molecule has 17 heavy (non-hydrogen) atoms. The van der Waals surface area contributed by atoms with Crippen LogP contribution >= 0.6 is 0 Å². The fourth-order valence-corrected chi connectivity index (χ4v) is 1.98. The van der Waals surface area contributed by atoms with Gasteiger partial charge in [0.05, 0.1) is 11.3 Å². The number of hydrogen-bond donors (Lipinski definition) is 3. The van der Waals surface area contributed by atoms with Gasteiger partial charge in [-0.15, -0.1) is 0 Å². The molecule has 1 aromatic rings. The summed E-state index contributed by atoms with van der Waals surface area (Å²) in [5, 5.41) is 2.95. The van der Waals surface area contributed by atoms with Gasteiger partial charge in [0.25, 0.3) is 5.91 Å². The van der Waals surface area contributed by atoms with Crippen molar-refractivity contribution in [1.82, 2.24) is 5.32 Å².